The van der Waals surface area contributed by atoms with E-state index >= 15 is 0 Å². The molecule has 0 atom stereocenters. The quantitative estimate of drug-likeness (QED) is 0.797. The molecule has 0 aromatic heterocycles. The van der Waals surface area contributed by atoms with Crippen LogP contribution in [0, 0.1) is 5.92 Å². The van der Waals surface area contributed by atoms with Gasteiger partial charge in [-0.1, -0.05) is 68.4 Å². The maximum atomic E-state index is 6.42. The van der Waals surface area contributed by atoms with Crippen molar-refractivity contribution < 1.29 is 4.74 Å². The largest absolute Gasteiger partial charge is 0.369 e. The van der Waals surface area contributed by atoms with E-state index in [1.807, 2.05) is 6.07 Å². The Morgan fingerprint density at radius 1 is 0.900 bits per heavy atom. The second kappa shape index (κ2) is 5.41. The van der Waals surface area contributed by atoms with Gasteiger partial charge < -0.3 is 4.74 Å². The molecule has 1 heteroatoms. The summed E-state index contributed by atoms with van der Waals surface area (Å²) >= 11 is 0. The number of hydrogen-bond donors (Lipinski definition) is 0. The third kappa shape index (κ3) is 2.51. The van der Waals surface area contributed by atoms with E-state index in [0.29, 0.717) is 12.5 Å². The monoisotopic (exact) mass is 266 g/mol. The van der Waals surface area contributed by atoms with Gasteiger partial charge in [0.2, 0.25) is 0 Å². The smallest absolute Gasteiger partial charge is 0.0790 e. The van der Waals surface area contributed by atoms with Crippen molar-refractivity contribution in [3.63, 3.8) is 0 Å². The van der Waals surface area contributed by atoms with Crippen molar-refractivity contribution in [3.05, 3.63) is 71.3 Å². The van der Waals surface area contributed by atoms with Gasteiger partial charge in [0.15, 0.2) is 0 Å². The van der Waals surface area contributed by atoms with E-state index in [1.54, 1.807) is 0 Å². The Bertz CT molecular complexity index is 546. The molecule has 104 valence electrons. The Kier molecular flexibility index (Phi) is 3.62. The van der Waals surface area contributed by atoms with Crippen molar-refractivity contribution >= 4 is 0 Å². The second-order valence-corrected chi connectivity index (χ2v) is 6.12. The molecule has 0 N–H and O–H groups in total. The molecule has 1 aliphatic carbocycles. The van der Waals surface area contributed by atoms with E-state index in [4.69, 9.17) is 4.74 Å². The van der Waals surface area contributed by atoms with E-state index < -0.39 is 0 Å². The highest BCUT2D eigenvalue weighted by Gasteiger charge is 2.40. The van der Waals surface area contributed by atoms with Crippen molar-refractivity contribution in [3.8, 4) is 0 Å². The molecule has 0 aliphatic heterocycles. The molecule has 0 bridgehead atoms. The molecule has 2 aromatic rings. The summed E-state index contributed by atoms with van der Waals surface area (Å²) in [6, 6.07) is 19.2. The summed E-state index contributed by atoms with van der Waals surface area (Å²) in [6.45, 7) is 5.25. The highest BCUT2D eigenvalue weighted by Crippen LogP contribution is 2.38. The highest BCUT2D eigenvalue weighted by molar-refractivity contribution is 5.35. The summed E-state index contributed by atoms with van der Waals surface area (Å²) in [4.78, 5) is 0. The molecule has 20 heavy (non-hydrogen) atoms. The second-order valence-electron chi connectivity index (χ2n) is 6.12. The van der Waals surface area contributed by atoms with E-state index in [9.17, 15) is 0 Å². The van der Waals surface area contributed by atoms with Crippen LogP contribution < -0.4 is 0 Å². The number of ether oxygens (including phenoxy) is 1. The Morgan fingerprint density at radius 2 is 1.45 bits per heavy atom. The SMILES string of the molecule is CC(C)C1(OCc2ccccc2)Cc2ccccc2C1. The van der Waals surface area contributed by atoms with E-state index in [-0.39, 0.29) is 5.60 Å². The maximum absolute atomic E-state index is 6.42. The fourth-order valence-electron chi connectivity index (χ4n) is 3.09. The lowest BCUT2D eigenvalue weighted by Gasteiger charge is -2.33. The average molecular weight is 266 g/mol. The first-order valence-corrected chi connectivity index (χ1v) is 7.44. The lowest BCUT2D eigenvalue weighted by Crippen LogP contribution is -2.39. The lowest BCUT2D eigenvalue weighted by molar-refractivity contribution is -0.0811. The van der Waals surface area contributed by atoms with Gasteiger partial charge in [-0.25, -0.2) is 0 Å². The molecule has 0 heterocycles. The van der Waals surface area contributed by atoms with Gasteiger partial charge in [0.05, 0.1) is 12.2 Å². The molecule has 0 saturated carbocycles. The highest BCUT2D eigenvalue weighted by atomic mass is 16.5. The molecule has 0 amide bonds. The Morgan fingerprint density at radius 3 is 2.00 bits per heavy atom. The molecule has 0 fully saturated rings. The van der Waals surface area contributed by atoms with E-state index in [2.05, 4.69) is 62.4 Å². The molecule has 2 aromatic carbocycles. The van der Waals surface area contributed by atoms with E-state index in [0.717, 1.165) is 12.8 Å². The van der Waals surface area contributed by atoms with Gasteiger partial charge in [-0.05, 0) is 22.6 Å². The van der Waals surface area contributed by atoms with Crippen LogP contribution in [0.1, 0.15) is 30.5 Å². The first kappa shape index (κ1) is 13.4. The third-order valence-corrected chi connectivity index (χ3v) is 4.52. The first-order chi connectivity index (χ1) is 9.70. The van der Waals surface area contributed by atoms with Crippen LogP contribution in [-0.2, 0) is 24.2 Å². The number of fused-ring (bicyclic) bond motifs is 1. The average Bonchev–Trinajstić information content (AvgIpc) is 2.86. The molecule has 0 spiro atoms. The van der Waals surface area contributed by atoms with Gasteiger partial charge in [0.25, 0.3) is 0 Å². The summed E-state index contributed by atoms with van der Waals surface area (Å²) in [6.07, 6.45) is 2.07. The molecule has 1 nitrogen and oxygen atoms in total. The minimum atomic E-state index is -0.0421. The van der Waals surface area contributed by atoms with Gasteiger partial charge in [0, 0.05) is 12.8 Å². The Hall–Kier alpha value is -1.60. The van der Waals surface area contributed by atoms with Crippen LogP contribution in [0.3, 0.4) is 0 Å². The van der Waals surface area contributed by atoms with Gasteiger partial charge >= 0.3 is 0 Å². The predicted octanol–water partition coefficient (Wildman–Crippen LogP) is 4.40. The minimum absolute atomic E-state index is 0.0421. The van der Waals surface area contributed by atoms with Crippen molar-refractivity contribution in [2.24, 2.45) is 5.92 Å². The number of hydrogen-bond acceptors (Lipinski definition) is 1. The summed E-state index contributed by atoms with van der Waals surface area (Å²) in [7, 11) is 0. The van der Waals surface area contributed by atoms with Gasteiger partial charge in [-0.15, -0.1) is 0 Å². The summed E-state index contributed by atoms with van der Waals surface area (Å²) in [5.41, 5.74) is 4.12. The van der Waals surface area contributed by atoms with Crippen LogP contribution in [0.2, 0.25) is 0 Å². The van der Waals surface area contributed by atoms with Gasteiger partial charge in [-0.3, -0.25) is 0 Å². The van der Waals surface area contributed by atoms with Crippen LogP contribution in [0.4, 0.5) is 0 Å². The molecule has 0 saturated heterocycles. The van der Waals surface area contributed by atoms with Gasteiger partial charge in [0.1, 0.15) is 0 Å². The predicted molar refractivity (Wildman–Crippen MR) is 82.7 cm³/mol. The first-order valence-electron chi connectivity index (χ1n) is 7.44. The van der Waals surface area contributed by atoms with Gasteiger partial charge in [-0.2, -0.15) is 0 Å². The van der Waals surface area contributed by atoms with Crippen LogP contribution >= 0.6 is 0 Å². The van der Waals surface area contributed by atoms with Crippen LogP contribution in [-0.4, -0.2) is 5.60 Å². The third-order valence-electron chi connectivity index (χ3n) is 4.52. The summed E-state index contributed by atoms with van der Waals surface area (Å²) in [5.74, 6) is 0.513. The zero-order valence-electron chi connectivity index (χ0n) is 12.3. The Balaban J connectivity index is 1.78. The normalized spacial score (nSPS) is 16.4. The van der Waals surface area contributed by atoms with Crippen LogP contribution in [0.5, 0.6) is 0 Å². The van der Waals surface area contributed by atoms with Crippen molar-refractivity contribution in [1.29, 1.82) is 0 Å². The van der Waals surface area contributed by atoms with Crippen molar-refractivity contribution in [2.45, 2.75) is 38.9 Å². The Labute approximate surface area is 121 Å². The fraction of sp³-hybridized carbons (Fsp3) is 0.368. The summed E-state index contributed by atoms with van der Waals surface area (Å²) < 4.78 is 6.42. The molecular formula is C19H22O. The minimum Gasteiger partial charge on any atom is -0.369 e. The maximum Gasteiger partial charge on any atom is 0.0790 e. The zero-order chi connectivity index (χ0) is 14.0. The molecule has 1 aliphatic rings. The standard InChI is InChI=1S/C19H22O/c1-15(2)19(20-14-16-8-4-3-5-9-16)12-17-10-6-7-11-18(17)13-19/h3-11,15H,12-14H2,1-2H3. The number of benzene rings is 2. The molecule has 3 rings (SSSR count). The topological polar surface area (TPSA) is 9.23 Å². The van der Waals surface area contributed by atoms with E-state index in [1.165, 1.54) is 16.7 Å². The molecule has 0 radical (unpaired) electrons. The zero-order valence-corrected chi connectivity index (χ0v) is 12.3. The number of rotatable bonds is 4. The molecular weight excluding hydrogens is 244 g/mol. The lowest BCUT2D eigenvalue weighted by atomic mass is 9.87. The summed E-state index contributed by atoms with van der Waals surface area (Å²) in [5, 5.41) is 0. The van der Waals surface area contributed by atoms with Crippen LogP contribution in [0.15, 0.2) is 54.6 Å². The van der Waals surface area contributed by atoms with Crippen molar-refractivity contribution in [1.82, 2.24) is 0 Å². The van der Waals surface area contributed by atoms with Crippen LogP contribution in [0.25, 0.3) is 0 Å². The van der Waals surface area contributed by atoms with Crippen molar-refractivity contribution in [2.75, 3.05) is 0 Å². The fourth-order valence-corrected chi connectivity index (χ4v) is 3.09. The molecule has 0 unspecified atom stereocenters.